The fraction of sp³-hybridized carbons (Fsp3) is 0.219. The largest absolute Gasteiger partial charge is 0.466 e. The van der Waals surface area contributed by atoms with Gasteiger partial charge in [-0.3, -0.25) is 15.0 Å². The molecule has 3 aromatic rings. The minimum atomic E-state index is -1.06. The van der Waals surface area contributed by atoms with Crippen LogP contribution in [0.2, 0.25) is 0 Å². The maximum atomic E-state index is 13.0. The number of hydrogen-bond acceptors (Lipinski definition) is 8. The summed E-state index contributed by atoms with van der Waals surface area (Å²) in [4.78, 5) is 50.2. The summed E-state index contributed by atoms with van der Waals surface area (Å²) in [6.45, 7) is 3.50. The molecule has 0 aliphatic rings. The van der Waals surface area contributed by atoms with Gasteiger partial charge in [-0.05, 0) is 73.9 Å². The molecule has 4 N–H and O–H groups in total. The molecule has 0 radical (unpaired) electrons. The number of carbonyl (C=O) groups is 4. The Morgan fingerprint density at radius 3 is 2.17 bits per heavy atom. The van der Waals surface area contributed by atoms with Gasteiger partial charge in [-0.25, -0.2) is 9.59 Å². The van der Waals surface area contributed by atoms with Crippen LogP contribution in [0.25, 0.3) is 6.08 Å². The molecule has 0 heterocycles. The van der Waals surface area contributed by atoms with E-state index in [1.165, 1.54) is 0 Å². The highest BCUT2D eigenvalue weighted by Gasteiger charge is 2.24. The number of benzene rings is 3. The molecule has 0 fully saturated rings. The van der Waals surface area contributed by atoms with E-state index in [9.17, 15) is 19.2 Å². The van der Waals surface area contributed by atoms with Crippen molar-refractivity contribution in [3.8, 4) is 5.75 Å². The van der Waals surface area contributed by atoms with E-state index in [2.05, 4.69) is 5.32 Å². The van der Waals surface area contributed by atoms with Crippen LogP contribution in [0.3, 0.4) is 0 Å². The van der Waals surface area contributed by atoms with Crippen LogP contribution in [0.5, 0.6) is 5.75 Å². The molecule has 0 spiro atoms. The van der Waals surface area contributed by atoms with Crippen LogP contribution in [-0.2, 0) is 30.5 Å². The summed E-state index contributed by atoms with van der Waals surface area (Å²) in [7, 11) is 0. The lowest BCUT2D eigenvalue weighted by Gasteiger charge is -2.18. The van der Waals surface area contributed by atoms with Crippen molar-refractivity contribution in [2.75, 3.05) is 6.61 Å². The third-order valence-corrected chi connectivity index (χ3v) is 6.02. The summed E-state index contributed by atoms with van der Waals surface area (Å²) < 4.78 is 15.7. The zero-order valence-electron chi connectivity index (χ0n) is 23.4. The van der Waals surface area contributed by atoms with Crippen molar-refractivity contribution in [3.05, 3.63) is 107 Å². The van der Waals surface area contributed by atoms with Gasteiger partial charge in [0.25, 0.3) is 0 Å². The summed E-state index contributed by atoms with van der Waals surface area (Å²) >= 11 is 0. The van der Waals surface area contributed by atoms with Crippen molar-refractivity contribution in [2.45, 2.75) is 39.3 Å². The predicted octanol–water partition coefficient (Wildman–Crippen LogP) is 4.16. The van der Waals surface area contributed by atoms with E-state index in [1.54, 1.807) is 68.5 Å². The van der Waals surface area contributed by atoms with E-state index < -0.39 is 29.9 Å². The lowest BCUT2D eigenvalue weighted by molar-refractivity contribution is -0.150. The first-order valence-electron chi connectivity index (χ1n) is 13.3. The second-order valence-corrected chi connectivity index (χ2v) is 9.24. The molecule has 0 bridgehead atoms. The first kappa shape index (κ1) is 31.3. The average molecular weight is 572 g/mol. The lowest BCUT2D eigenvalue weighted by Crippen LogP contribution is -2.42. The van der Waals surface area contributed by atoms with E-state index >= 15 is 0 Å². The van der Waals surface area contributed by atoms with Crippen LogP contribution < -0.4 is 15.8 Å². The van der Waals surface area contributed by atoms with Gasteiger partial charge < -0.3 is 25.3 Å². The van der Waals surface area contributed by atoms with Crippen LogP contribution in [0.1, 0.15) is 53.7 Å². The Morgan fingerprint density at radius 1 is 0.905 bits per heavy atom. The zero-order chi connectivity index (χ0) is 30.5. The number of rotatable bonds is 13. The molecule has 10 heteroatoms. The summed E-state index contributed by atoms with van der Waals surface area (Å²) in [5, 5.41) is 10.1. The van der Waals surface area contributed by atoms with Gasteiger partial charge in [0.15, 0.2) is 0 Å². The molecule has 1 atom stereocenters. The highest BCUT2D eigenvalue weighted by Crippen LogP contribution is 2.16. The summed E-state index contributed by atoms with van der Waals surface area (Å²) in [6.07, 6.45) is 1.54. The van der Waals surface area contributed by atoms with Crippen LogP contribution in [-0.4, -0.2) is 42.3 Å². The molecule has 42 heavy (non-hydrogen) atoms. The Balaban J connectivity index is 1.63. The standard InChI is InChI=1S/C32H33N3O7/c1-3-40-28(36)18-17-27(32(39)41-20-23-7-5-4-6-8-23)35-30(37)21(2)19-22-9-11-25(12-10-22)31(38)42-26-15-13-24(14-16-26)29(33)34/h4-16,19,27H,3,17-18,20H2,1-2H3,(H3,33,34)(H,35,37)/t27-/m0/s1. The number of amides is 1. The van der Waals surface area contributed by atoms with E-state index in [4.69, 9.17) is 25.4 Å². The summed E-state index contributed by atoms with van der Waals surface area (Å²) in [6, 6.07) is 20.7. The lowest BCUT2D eigenvalue weighted by atomic mass is 10.1. The molecule has 0 aliphatic heterocycles. The van der Waals surface area contributed by atoms with E-state index in [1.807, 2.05) is 30.3 Å². The number of carbonyl (C=O) groups excluding carboxylic acids is 4. The second kappa shape index (κ2) is 15.5. The number of amidine groups is 1. The van der Waals surface area contributed by atoms with Crippen LogP contribution in [0, 0.1) is 5.41 Å². The predicted molar refractivity (Wildman–Crippen MR) is 157 cm³/mol. The number of esters is 3. The van der Waals surface area contributed by atoms with Gasteiger partial charge in [0, 0.05) is 17.6 Å². The van der Waals surface area contributed by atoms with Crippen molar-refractivity contribution in [3.63, 3.8) is 0 Å². The number of hydrogen-bond donors (Lipinski definition) is 3. The third kappa shape index (κ3) is 9.74. The number of nitrogen functional groups attached to an aromatic ring is 1. The Labute approximate surface area is 244 Å². The van der Waals surface area contributed by atoms with Crippen LogP contribution in [0.4, 0.5) is 0 Å². The molecular formula is C32H33N3O7. The highest BCUT2D eigenvalue weighted by molar-refractivity contribution is 5.99. The molecule has 0 aromatic heterocycles. The zero-order valence-corrected chi connectivity index (χ0v) is 23.4. The van der Waals surface area contributed by atoms with Gasteiger partial charge in [0.2, 0.25) is 5.91 Å². The smallest absolute Gasteiger partial charge is 0.343 e. The van der Waals surface area contributed by atoms with Crippen molar-refractivity contribution in [2.24, 2.45) is 5.73 Å². The van der Waals surface area contributed by atoms with Gasteiger partial charge in [-0.15, -0.1) is 0 Å². The molecule has 0 saturated carbocycles. The molecule has 1 amide bonds. The fourth-order valence-electron chi connectivity index (χ4n) is 3.75. The van der Waals surface area contributed by atoms with E-state index in [0.29, 0.717) is 28.0 Å². The normalized spacial score (nSPS) is 11.6. The average Bonchev–Trinajstić information content (AvgIpc) is 2.99. The van der Waals surface area contributed by atoms with Gasteiger partial charge in [-0.1, -0.05) is 42.5 Å². The van der Waals surface area contributed by atoms with Crippen molar-refractivity contribution < 1.29 is 33.4 Å². The maximum absolute atomic E-state index is 13.0. The topological polar surface area (TPSA) is 158 Å². The molecule has 3 aromatic carbocycles. The van der Waals surface area contributed by atoms with Crippen molar-refractivity contribution in [1.82, 2.24) is 5.32 Å². The quantitative estimate of drug-likeness (QED) is 0.0907. The monoisotopic (exact) mass is 571 g/mol. The minimum absolute atomic E-state index is 0.0137. The SMILES string of the molecule is CCOC(=O)CC[C@H](NC(=O)C(C)=Cc1ccc(C(=O)Oc2ccc(C(=N)N)cc2)cc1)C(=O)OCc1ccccc1. The number of nitrogens with one attached hydrogen (secondary N) is 2. The van der Waals surface area contributed by atoms with Gasteiger partial charge in [0.05, 0.1) is 12.2 Å². The van der Waals surface area contributed by atoms with Gasteiger partial charge in [-0.2, -0.15) is 0 Å². The maximum Gasteiger partial charge on any atom is 0.343 e. The summed E-state index contributed by atoms with van der Waals surface area (Å²) in [5.74, 6) is -2.02. The highest BCUT2D eigenvalue weighted by atomic mass is 16.5. The molecule has 218 valence electrons. The minimum Gasteiger partial charge on any atom is -0.466 e. The van der Waals surface area contributed by atoms with Crippen molar-refractivity contribution in [1.29, 1.82) is 5.41 Å². The molecular weight excluding hydrogens is 538 g/mol. The van der Waals surface area contributed by atoms with Crippen LogP contribution in [0.15, 0.2) is 84.4 Å². The fourth-order valence-corrected chi connectivity index (χ4v) is 3.75. The molecule has 0 saturated heterocycles. The van der Waals surface area contributed by atoms with Crippen molar-refractivity contribution >= 4 is 35.7 Å². The molecule has 10 nitrogen and oxygen atoms in total. The second-order valence-electron chi connectivity index (χ2n) is 9.24. The molecule has 0 aliphatic carbocycles. The Bertz CT molecular complexity index is 1430. The number of nitrogens with two attached hydrogens (primary N) is 1. The molecule has 3 rings (SSSR count). The Kier molecular flexibility index (Phi) is 11.6. The Morgan fingerprint density at radius 2 is 1.55 bits per heavy atom. The first-order chi connectivity index (χ1) is 20.2. The number of ether oxygens (including phenoxy) is 3. The van der Waals surface area contributed by atoms with Gasteiger partial charge in [0.1, 0.15) is 24.2 Å². The van der Waals surface area contributed by atoms with E-state index in [-0.39, 0.29) is 31.9 Å². The van der Waals surface area contributed by atoms with E-state index in [0.717, 1.165) is 5.56 Å². The van der Waals surface area contributed by atoms with Crippen LogP contribution >= 0.6 is 0 Å². The third-order valence-electron chi connectivity index (χ3n) is 6.02. The Hall–Kier alpha value is -5.25. The molecule has 0 unspecified atom stereocenters. The van der Waals surface area contributed by atoms with Gasteiger partial charge >= 0.3 is 17.9 Å². The first-order valence-corrected chi connectivity index (χ1v) is 13.3. The summed E-state index contributed by atoms with van der Waals surface area (Å²) in [5.41, 5.74) is 7.97.